The number of hydrogen-bond donors (Lipinski definition) is 1. The van der Waals surface area contributed by atoms with Gasteiger partial charge < -0.3 is 14.8 Å². The van der Waals surface area contributed by atoms with Crippen molar-refractivity contribution >= 4 is 22.7 Å². The van der Waals surface area contributed by atoms with Gasteiger partial charge in [0.2, 0.25) is 11.8 Å². The fourth-order valence-electron chi connectivity index (χ4n) is 4.63. The molecule has 0 saturated carbocycles. The minimum absolute atomic E-state index is 0.170. The highest BCUT2D eigenvalue weighted by Crippen LogP contribution is 2.25. The summed E-state index contributed by atoms with van der Waals surface area (Å²) in [5.41, 5.74) is 1.48. The van der Waals surface area contributed by atoms with E-state index in [9.17, 15) is 14.4 Å². The van der Waals surface area contributed by atoms with Gasteiger partial charge in [0.15, 0.2) is 5.82 Å². The number of carbonyl (C=O) groups is 2. The van der Waals surface area contributed by atoms with Gasteiger partial charge in [0.05, 0.1) is 11.4 Å². The van der Waals surface area contributed by atoms with Gasteiger partial charge in [-0.3, -0.25) is 14.4 Å². The number of benzene rings is 1. The van der Waals surface area contributed by atoms with Crippen molar-refractivity contribution < 1.29 is 9.59 Å². The predicted molar refractivity (Wildman–Crippen MR) is 135 cm³/mol. The van der Waals surface area contributed by atoms with Crippen LogP contribution in [0.4, 0.5) is 0 Å². The molecule has 10 heteroatoms. The topological polar surface area (TPSA) is 107 Å². The summed E-state index contributed by atoms with van der Waals surface area (Å²) in [4.78, 5) is 40.2. The molecule has 1 aromatic carbocycles. The number of aromatic nitrogens is 5. The molecule has 4 heterocycles. The van der Waals surface area contributed by atoms with E-state index in [0.29, 0.717) is 48.3 Å². The lowest BCUT2D eigenvalue weighted by molar-refractivity contribution is -0.127. The van der Waals surface area contributed by atoms with Crippen LogP contribution in [0.3, 0.4) is 0 Å². The molecular weight excluding hydrogens is 458 g/mol. The summed E-state index contributed by atoms with van der Waals surface area (Å²) in [7, 11) is 0. The first-order chi connectivity index (χ1) is 17.5. The second kappa shape index (κ2) is 9.80. The predicted octanol–water partition coefficient (Wildman–Crippen LogP) is 2.37. The van der Waals surface area contributed by atoms with Crippen LogP contribution in [0.25, 0.3) is 22.4 Å². The Labute approximate surface area is 208 Å². The monoisotopic (exact) mass is 487 g/mol. The van der Waals surface area contributed by atoms with Crippen LogP contribution in [-0.2, 0) is 9.59 Å². The van der Waals surface area contributed by atoms with Gasteiger partial charge in [0.25, 0.3) is 5.56 Å². The van der Waals surface area contributed by atoms with Gasteiger partial charge in [-0.2, -0.15) is 10.2 Å². The van der Waals surface area contributed by atoms with Gasteiger partial charge in [0, 0.05) is 38.4 Å². The Morgan fingerprint density at radius 2 is 1.83 bits per heavy atom. The van der Waals surface area contributed by atoms with E-state index in [1.165, 1.54) is 4.68 Å². The molecule has 0 spiro atoms. The maximum atomic E-state index is 13.7. The molecule has 5 rings (SSSR count). The Morgan fingerprint density at radius 3 is 2.53 bits per heavy atom. The summed E-state index contributed by atoms with van der Waals surface area (Å²) in [5.74, 6) is 0.464. The zero-order chi connectivity index (χ0) is 25.2. The van der Waals surface area contributed by atoms with Crippen LogP contribution in [0, 0.1) is 6.92 Å². The van der Waals surface area contributed by atoms with Gasteiger partial charge in [-0.1, -0.05) is 18.2 Å². The SMILES string of the molecule is Cc1nn(C(C)C(=O)NCCCN2CCCC2=O)c(=O)c2c(-n3cccc3)n(-c3ccccc3)nc12. The second-order valence-corrected chi connectivity index (χ2v) is 9.02. The van der Waals surface area contributed by atoms with Crippen LogP contribution in [0.1, 0.15) is 37.9 Å². The number of amides is 2. The number of hydrogen-bond acceptors (Lipinski definition) is 5. The molecule has 0 aliphatic carbocycles. The molecule has 1 aliphatic heterocycles. The largest absolute Gasteiger partial charge is 0.354 e. The summed E-state index contributed by atoms with van der Waals surface area (Å²) in [5, 5.41) is 12.5. The first-order valence-corrected chi connectivity index (χ1v) is 12.2. The van der Waals surface area contributed by atoms with Crippen molar-refractivity contribution in [1.82, 2.24) is 34.3 Å². The third-order valence-electron chi connectivity index (χ3n) is 6.55. The van der Waals surface area contributed by atoms with E-state index in [0.717, 1.165) is 18.7 Å². The smallest absolute Gasteiger partial charge is 0.280 e. The summed E-state index contributed by atoms with van der Waals surface area (Å²) in [6.45, 7) is 5.27. The molecule has 1 unspecified atom stereocenters. The van der Waals surface area contributed by atoms with Crippen LogP contribution in [0.5, 0.6) is 0 Å². The number of rotatable bonds is 8. The average molecular weight is 488 g/mol. The van der Waals surface area contributed by atoms with Crippen LogP contribution in [-0.4, -0.2) is 60.5 Å². The summed E-state index contributed by atoms with van der Waals surface area (Å²) < 4.78 is 4.81. The highest BCUT2D eigenvalue weighted by Gasteiger charge is 2.25. The first-order valence-electron chi connectivity index (χ1n) is 12.2. The highest BCUT2D eigenvalue weighted by molar-refractivity contribution is 5.88. The molecule has 1 atom stereocenters. The lowest BCUT2D eigenvalue weighted by atomic mass is 10.2. The lowest BCUT2D eigenvalue weighted by Crippen LogP contribution is -2.38. The number of likely N-dealkylation sites (tertiary alicyclic amines) is 1. The fourth-order valence-corrected chi connectivity index (χ4v) is 4.63. The quantitative estimate of drug-likeness (QED) is 0.384. The van der Waals surface area contributed by atoms with Gasteiger partial charge in [-0.25, -0.2) is 9.36 Å². The van der Waals surface area contributed by atoms with Crippen LogP contribution < -0.4 is 10.9 Å². The minimum Gasteiger partial charge on any atom is -0.354 e. The Bertz CT molecular complexity index is 1450. The van der Waals surface area contributed by atoms with E-state index in [4.69, 9.17) is 5.10 Å². The maximum absolute atomic E-state index is 13.7. The fraction of sp³-hybridized carbons (Fsp3) is 0.346. The molecule has 4 aromatic rings. The number of aryl methyl sites for hydroxylation is 1. The van der Waals surface area contributed by atoms with Gasteiger partial charge in [0.1, 0.15) is 16.9 Å². The molecule has 10 nitrogen and oxygen atoms in total. The van der Waals surface area contributed by atoms with Crippen molar-refractivity contribution in [3.05, 3.63) is 70.9 Å². The summed E-state index contributed by atoms with van der Waals surface area (Å²) in [6.07, 6.45) is 5.87. The minimum atomic E-state index is -0.813. The average Bonchev–Trinajstić information content (AvgIpc) is 3.64. The van der Waals surface area contributed by atoms with Crippen molar-refractivity contribution in [2.75, 3.05) is 19.6 Å². The number of nitrogens with one attached hydrogen (secondary N) is 1. The summed E-state index contributed by atoms with van der Waals surface area (Å²) in [6, 6.07) is 12.5. The van der Waals surface area contributed by atoms with E-state index in [1.54, 1.807) is 18.5 Å². The van der Waals surface area contributed by atoms with Crippen molar-refractivity contribution in [2.45, 2.75) is 39.2 Å². The summed E-state index contributed by atoms with van der Waals surface area (Å²) >= 11 is 0. The van der Waals surface area contributed by atoms with Gasteiger partial charge in [-0.15, -0.1) is 0 Å². The van der Waals surface area contributed by atoms with Crippen molar-refractivity contribution in [2.24, 2.45) is 0 Å². The Hall–Kier alpha value is -4.21. The van der Waals surface area contributed by atoms with Gasteiger partial charge in [-0.05, 0) is 51.0 Å². The molecule has 2 amide bonds. The van der Waals surface area contributed by atoms with E-state index in [1.807, 2.05) is 64.3 Å². The van der Waals surface area contributed by atoms with Crippen LogP contribution in [0.2, 0.25) is 0 Å². The Balaban J connectivity index is 1.46. The number of carbonyl (C=O) groups excluding carboxylic acids is 2. The molecule has 1 saturated heterocycles. The third-order valence-corrected chi connectivity index (χ3v) is 6.55. The molecule has 186 valence electrons. The maximum Gasteiger partial charge on any atom is 0.280 e. The third kappa shape index (κ3) is 4.30. The first kappa shape index (κ1) is 23.5. The Morgan fingerprint density at radius 1 is 1.08 bits per heavy atom. The van der Waals surface area contributed by atoms with E-state index >= 15 is 0 Å². The number of para-hydroxylation sites is 1. The molecule has 36 heavy (non-hydrogen) atoms. The molecule has 3 aromatic heterocycles. The number of nitrogens with zero attached hydrogens (tertiary/aromatic N) is 6. The molecule has 0 bridgehead atoms. The zero-order valence-corrected chi connectivity index (χ0v) is 20.4. The van der Waals surface area contributed by atoms with Crippen molar-refractivity contribution in [1.29, 1.82) is 0 Å². The van der Waals surface area contributed by atoms with E-state index in [2.05, 4.69) is 10.4 Å². The highest BCUT2D eigenvalue weighted by atomic mass is 16.2. The molecular formula is C26H29N7O3. The van der Waals surface area contributed by atoms with E-state index < -0.39 is 6.04 Å². The molecule has 1 fully saturated rings. The lowest BCUT2D eigenvalue weighted by Gasteiger charge is -2.17. The number of fused-ring (bicyclic) bond motifs is 1. The molecule has 0 radical (unpaired) electrons. The zero-order valence-electron chi connectivity index (χ0n) is 20.4. The van der Waals surface area contributed by atoms with Crippen molar-refractivity contribution in [3.8, 4) is 11.5 Å². The van der Waals surface area contributed by atoms with Gasteiger partial charge >= 0.3 is 0 Å². The normalized spacial score (nSPS) is 14.5. The van der Waals surface area contributed by atoms with Crippen LogP contribution >= 0.6 is 0 Å². The standard InChI is InChI=1S/C26H29N7O3/c1-18-23-22(25(31-14-6-7-15-31)33(29-23)20-10-4-3-5-11-20)26(36)32(28-18)19(2)24(35)27-13-9-17-30-16-8-12-21(30)34/h3-7,10-11,14-15,19H,8-9,12-13,16-17H2,1-2H3,(H,27,35). The van der Waals surface area contributed by atoms with Crippen LogP contribution in [0.15, 0.2) is 59.7 Å². The van der Waals surface area contributed by atoms with E-state index in [-0.39, 0.29) is 17.4 Å². The molecule has 1 N–H and O–H groups in total. The molecule has 1 aliphatic rings. The Kier molecular flexibility index (Phi) is 6.41. The second-order valence-electron chi connectivity index (χ2n) is 9.02. The van der Waals surface area contributed by atoms with Crippen molar-refractivity contribution in [3.63, 3.8) is 0 Å².